The summed E-state index contributed by atoms with van der Waals surface area (Å²) in [7, 11) is 0. The lowest BCUT2D eigenvalue weighted by atomic mass is 10.0. The fraction of sp³-hybridized carbons (Fsp3) is 0.0500. The Morgan fingerprint density at radius 1 is 1.00 bits per heavy atom. The molecule has 0 spiro atoms. The fourth-order valence-electron chi connectivity index (χ4n) is 3.02. The Bertz CT molecular complexity index is 1230. The molecule has 0 atom stereocenters. The average Bonchev–Trinajstić information content (AvgIpc) is 3.32. The second-order valence-electron chi connectivity index (χ2n) is 6.06. The largest absolute Gasteiger partial charge is 0.508 e. The van der Waals surface area contributed by atoms with Crippen LogP contribution in [-0.2, 0) is 5.75 Å². The van der Waals surface area contributed by atoms with Gasteiger partial charge in [0.05, 0.1) is 22.3 Å². The molecule has 2 aromatic heterocycles. The van der Waals surface area contributed by atoms with Crippen LogP contribution in [0, 0.1) is 0 Å². The summed E-state index contributed by atoms with van der Waals surface area (Å²) < 4.78 is 5.83. The maximum Gasteiger partial charge on any atom is 0.248 e. The van der Waals surface area contributed by atoms with E-state index in [1.807, 2.05) is 48.5 Å². The second kappa shape index (κ2) is 6.44. The first-order chi connectivity index (χ1) is 13.3. The number of H-pyrrole nitrogens is 1. The molecule has 132 valence electrons. The van der Waals surface area contributed by atoms with Crippen LogP contribution < -0.4 is 0 Å². The number of benzene rings is 3. The van der Waals surface area contributed by atoms with Gasteiger partial charge in [0.2, 0.25) is 11.8 Å². The van der Waals surface area contributed by atoms with Crippen LogP contribution in [-0.4, -0.2) is 25.3 Å². The quantitative estimate of drug-likeness (QED) is 0.441. The van der Waals surface area contributed by atoms with E-state index in [0.717, 1.165) is 32.5 Å². The van der Waals surface area contributed by atoms with Crippen LogP contribution in [0.3, 0.4) is 0 Å². The number of imidazole rings is 1. The van der Waals surface area contributed by atoms with E-state index >= 15 is 0 Å². The molecule has 0 amide bonds. The van der Waals surface area contributed by atoms with Crippen LogP contribution in [0.4, 0.5) is 0 Å². The van der Waals surface area contributed by atoms with E-state index in [1.165, 1.54) is 11.8 Å². The van der Waals surface area contributed by atoms with Gasteiger partial charge in [0, 0.05) is 0 Å². The number of hydrogen-bond acceptors (Lipinski definition) is 6. The third-order valence-electron chi connectivity index (χ3n) is 4.24. The van der Waals surface area contributed by atoms with Gasteiger partial charge in [0.15, 0.2) is 5.16 Å². The van der Waals surface area contributed by atoms with E-state index in [9.17, 15) is 5.11 Å². The second-order valence-corrected chi connectivity index (χ2v) is 7.03. The molecular weight excluding hydrogens is 360 g/mol. The minimum absolute atomic E-state index is 0.167. The summed E-state index contributed by atoms with van der Waals surface area (Å²) in [6, 6.07) is 19.0. The number of aromatic amines is 1. The number of fused-ring (bicyclic) bond motifs is 2. The minimum Gasteiger partial charge on any atom is -0.508 e. The Morgan fingerprint density at radius 3 is 2.78 bits per heavy atom. The molecule has 6 nitrogen and oxygen atoms in total. The number of rotatable bonds is 4. The standard InChI is InChI=1S/C20H14N4O2S/c25-13-9-12-5-1-2-6-14(12)15(10-13)19-24-23-18(26-19)11-27-20-21-16-7-3-4-8-17(16)22-20/h1-10,25H,11H2,(H,21,22). The van der Waals surface area contributed by atoms with Crippen molar-refractivity contribution in [3.8, 4) is 17.2 Å². The van der Waals surface area contributed by atoms with E-state index in [0.29, 0.717) is 17.5 Å². The van der Waals surface area contributed by atoms with E-state index in [2.05, 4.69) is 20.2 Å². The van der Waals surface area contributed by atoms with Gasteiger partial charge in [-0.3, -0.25) is 0 Å². The van der Waals surface area contributed by atoms with Crippen LogP contribution in [0.2, 0.25) is 0 Å². The van der Waals surface area contributed by atoms with Gasteiger partial charge >= 0.3 is 0 Å². The van der Waals surface area contributed by atoms with Crippen molar-refractivity contribution >= 4 is 33.6 Å². The normalized spacial score (nSPS) is 11.4. The Balaban J connectivity index is 1.41. The van der Waals surface area contributed by atoms with Gasteiger partial charge in [0.1, 0.15) is 5.75 Å². The minimum atomic E-state index is 0.167. The summed E-state index contributed by atoms with van der Waals surface area (Å²) in [6.45, 7) is 0. The highest BCUT2D eigenvalue weighted by molar-refractivity contribution is 7.98. The predicted molar refractivity (Wildman–Crippen MR) is 105 cm³/mol. The summed E-state index contributed by atoms with van der Waals surface area (Å²) in [4.78, 5) is 7.79. The van der Waals surface area contributed by atoms with Crippen LogP contribution >= 0.6 is 11.8 Å². The number of thioether (sulfide) groups is 1. The molecule has 0 radical (unpaired) electrons. The number of aromatic nitrogens is 4. The van der Waals surface area contributed by atoms with Gasteiger partial charge in [-0.25, -0.2) is 4.98 Å². The van der Waals surface area contributed by atoms with Crippen LogP contribution in [0.5, 0.6) is 5.75 Å². The lowest BCUT2D eigenvalue weighted by Crippen LogP contribution is -1.82. The number of para-hydroxylation sites is 2. The van der Waals surface area contributed by atoms with Crippen molar-refractivity contribution in [3.05, 3.63) is 66.6 Å². The van der Waals surface area contributed by atoms with Crippen molar-refractivity contribution < 1.29 is 9.52 Å². The first-order valence-corrected chi connectivity index (χ1v) is 9.37. The number of hydrogen-bond donors (Lipinski definition) is 2. The maximum absolute atomic E-state index is 9.99. The zero-order valence-electron chi connectivity index (χ0n) is 14.1. The summed E-state index contributed by atoms with van der Waals surface area (Å²) in [5.41, 5.74) is 2.65. The molecule has 27 heavy (non-hydrogen) atoms. The summed E-state index contributed by atoms with van der Waals surface area (Å²) >= 11 is 1.50. The molecule has 0 bridgehead atoms. The number of phenolic OH excluding ortho intramolecular Hbond substituents is 1. The number of nitrogens with one attached hydrogen (secondary N) is 1. The smallest absolute Gasteiger partial charge is 0.248 e. The van der Waals surface area contributed by atoms with Gasteiger partial charge in [-0.05, 0) is 35.0 Å². The lowest BCUT2D eigenvalue weighted by molar-refractivity contribution is 0.475. The van der Waals surface area contributed by atoms with E-state index < -0.39 is 0 Å². The van der Waals surface area contributed by atoms with Crippen molar-refractivity contribution in [2.24, 2.45) is 0 Å². The van der Waals surface area contributed by atoms with Gasteiger partial charge in [0.25, 0.3) is 0 Å². The van der Waals surface area contributed by atoms with Gasteiger partial charge in [-0.1, -0.05) is 48.2 Å². The zero-order chi connectivity index (χ0) is 18.2. The van der Waals surface area contributed by atoms with Crippen molar-refractivity contribution in [1.82, 2.24) is 20.2 Å². The SMILES string of the molecule is Oc1cc(-c2nnc(CSc3nc4ccccc4[nH]3)o2)c2ccccc2c1. The summed E-state index contributed by atoms with van der Waals surface area (Å²) in [5, 5.41) is 21.0. The molecule has 0 aliphatic carbocycles. The highest BCUT2D eigenvalue weighted by Crippen LogP contribution is 2.32. The van der Waals surface area contributed by atoms with Crippen LogP contribution in [0.25, 0.3) is 33.3 Å². The molecule has 7 heteroatoms. The lowest BCUT2D eigenvalue weighted by Gasteiger charge is -2.03. The van der Waals surface area contributed by atoms with Gasteiger partial charge in [-0.2, -0.15) is 0 Å². The van der Waals surface area contributed by atoms with Crippen LogP contribution in [0.15, 0.2) is 70.2 Å². The summed E-state index contributed by atoms with van der Waals surface area (Å²) in [6.07, 6.45) is 0. The Kier molecular flexibility index (Phi) is 3.79. The molecule has 0 aliphatic rings. The molecule has 2 N–H and O–H groups in total. The van der Waals surface area contributed by atoms with Crippen molar-refractivity contribution in [3.63, 3.8) is 0 Å². The molecule has 0 unspecified atom stereocenters. The zero-order valence-corrected chi connectivity index (χ0v) is 14.9. The Morgan fingerprint density at radius 2 is 1.85 bits per heavy atom. The molecule has 0 aliphatic heterocycles. The van der Waals surface area contributed by atoms with Crippen molar-refractivity contribution in [1.29, 1.82) is 0 Å². The number of phenols is 1. The van der Waals surface area contributed by atoms with E-state index in [4.69, 9.17) is 4.42 Å². The molecule has 5 rings (SSSR count). The molecule has 2 heterocycles. The van der Waals surface area contributed by atoms with E-state index in [1.54, 1.807) is 12.1 Å². The number of nitrogens with zero attached hydrogens (tertiary/aromatic N) is 3. The average molecular weight is 374 g/mol. The highest BCUT2D eigenvalue weighted by Gasteiger charge is 2.14. The van der Waals surface area contributed by atoms with Gasteiger partial charge < -0.3 is 14.5 Å². The topological polar surface area (TPSA) is 87.8 Å². The molecule has 0 saturated heterocycles. The maximum atomic E-state index is 9.99. The molecular formula is C20H14N4O2S. The predicted octanol–water partition coefficient (Wildman–Crippen LogP) is 4.76. The van der Waals surface area contributed by atoms with Gasteiger partial charge in [-0.15, -0.1) is 10.2 Å². The summed E-state index contributed by atoms with van der Waals surface area (Å²) in [5.74, 6) is 1.56. The Hall–Kier alpha value is -3.32. The van der Waals surface area contributed by atoms with Crippen LogP contribution in [0.1, 0.15) is 5.89 Å². The first-order valence-electron chi connectivity index (χ1n) is 8.38. The monoisotopic (exact) mass is 374 g/mol. The molecule has 0 saturated carbocycles. The van der Waals surface area contributed by atoms with E-state index in [-0.39, 0.29) is 5.75 Å². The Labute approximate surface area is 158 Å². The highest BCUT2D eigenvalue weighted by atomic mass is 32.2. The fourth-order valence-corrected chi connectivity index (χ4v) is 3.74. The third kappa shape index (κ3) is 3.02. The number of aromatic hydroxyl groups is 1. The van der Waals surface area contributed by atoms with Crippen molar-refractivity contribution in [2.45, 2.75) is 10.9 Å². The molecule has 0 fully saturated rings. The molecule has 5 aromatic rings. The third-order valence-corrected chi connectivity index (χ3v) is 5.10. The molecule has 3 aromatic carbocycles. The first kappa shape index (κ1) is 15.9. The van der Waals surface area contributed by atoms with Crippen molar-refractivity contribution in [2.75, 3.05) is 0 Å².